The molecule has 3 rings (SSSR count). The fraction of sp³-hybridized carbons (Fsp3) is 0.412. The van der Waals surface area contributed by atoms with Crippen molar-refractivity contribution >= 4 is 22.7 Å². The summed E-state index contributed by atoms with van der Waals surface area (Å²) in [6, 6.07) is 6.16. The molecule has 2 aromatic rings. The molecular formula is C17H21N3O2. The third-order valence-electron chi connectivity index (χ3n) is 4.44. The molecule has 0 unspecified atom stereocenters. The molecule has 0 saturated carbocycles. The largest absolute Gasteiger partial charge is 0.350 e. The highest BCUT2D eigenvalue weighted by molar-refractivity contribution is 6.01. The molecule has 5 nitrogen and oxygen atoms in total. The SMILES string of the molecule is CC(=O)N1CCN(C(=O)c2[nH]c3ccc(C)cc3c2C)CC1. The van der Waals surface area contributed by atoms with Crippen LogP contribution < -0.4 is 0 Å². The number of carbonyl (C=O) groups is 2. The van der Waals surface area contributed by atoms with E-state index >= 15 is 0 Å². The Morgan fingerprint density at radius 2 is 1.68 bits per heavy atom. The van der Waals surface area contributed by atoms with E-state index in [1.807, 2.05) is 30.9 Å². The number of nitrogens with zero attached hydrogens (tertiary/aromatic N) is 2. The maximum Gasteiger partial charge on any atom is 0.270 e. The van der Waals surface area contributed by atoms with Crippen molar-refractivity contribution < 1.29 is 9.59 Å². The van der Waals surface area contributed by atoms with Crippen molar-refractivity contribution in [1.82, 2.24) is 14.8 Å². The summed E-state index contributed by atoms with van der Waals surface area (Å²) < 4.78 is 0. The van der Waals surface area contributed by atoms with Crippen LogP contribution in [-0.2, 0) is 4.79 Å². The number of nitrogens with one attached hydrogen (secondary N) is 1. The highest BCUT2D eigenvalue weighted by atomic mass is 16.2. The maximum atomic E-state index is 12.7. The molecule has 1 aromatic carbocycles. The van der Waals surface area contributed by atoms with Crippen LogP contribution in [0.3, 0.4) is 0 Å². The highest BCUT2D eigenvalue weighted by Crippen LogP contribution is 2.24. The van der Waals surface area contributed by atoms with Gasteiger partial charge in [-0.3, -0.25) is 9.59 Å². The minimum absolute atomic E-state index is 0.0227. The number of hydrogen-bond acceptors (Lipinski definition) is 2. The van der Waals surface area contributed by atoms with E-state index in [-0.39, 0.29) is 11.8 Å². The Bertz CT molecular complexity index is 740. The van der Waals surface area contributed by atoms with Crippen molar-refractivity contribution in [3.63, 3.8) is 0 Å². The summed E-state index contributed by atoms with van der Waals surface area (Å²) in [6.45, 7) is 8.00. The Morgan fingerprint density at radius 3 is 2.32 bits per heavy atom. The minimum atomic E-state index is 0.0227. The zero-order chi connectivity index (χ0) is 15.9. The van der Waals surface area contributed by atoms with Crippen molar-refractivity contribution in [1.29, 1.82) is 0 Å². The van der Waals surface area contributed by atoms with Gasteiger partial charge in [0.25, 0.3) is 5.91 Å². The minimum Gasteiger partial charge on any atom is -0.350 e. The Kier molecular flexibility index (Phi) is 3.64. The molecule has 2 amide bonds. The number of H-pyrrole nitrogens is 1. The quantitative estimate of drug-likeness (QED) is 0.876. The smallest absolute Gasteiger partial charge is 0.270 e. The van der Waals surface area contributed by atoms with Crippen LogP contribution in [0.5, 0.6) is 0 Å². The Balaban J connectivity index is 1.84. The molecule has 1 saturated heterocycles. The van der Waals surface area contributed by atoms with Crippen molar-refractivity contribution in [2.24, 2.45) is 0 Å². The van der Waals surface area contributed by atoms with Gasteiger partial charge < -0.3 is 14.8 Å². The average Bonchev–Trinajstić information content (AvgIpc) is 2.83. The number of benzene rings is 1. The van der Waals surface area contributed by atoms with Gasteiger partial charge in [0.2, 0.25) is 5.91 Å². The average molecular weight is 299 g/mol. The number of rotatable bonds is 1. The van der Waals surface area contributed by atoms with Crippen LogP contribution in [0.15, 0.2) is 18.2 Å². The molecule has 0 spiro atoms. The molecule has 1 fully saturated rings. The monoisotopic (exact) mass is 299 g/mol. The van der Waals surface area contributed by atoms with Crippen LogP contribution in [0.25, 0.3) is 10.9 Å². The second-order valence-electron chi connectivity index (χ2n) is 5.97. The first-order valence-corrected chi connectivity index (χ1v) is 7.61. The fourth-order valence-electron chi connectivity index (χ4n) is 3.04. The summed E-state index contributed by atoms with van der Waals surface area (Å²) >= 11 is 0. The molecule has 2 heterocycles. The van der Waals surface area contributed by atoms with Crippen molar-refractivity contribution in [3.05, 3.63) is 35.0 Å². The van der Waals surface area contributed by atoms with E-state index in [9.17, 15) is 9.59 Å². The van der Waals surface area contributed by atoms with E-state index in [1.54, 1.807) is 11.8 Å². The molecule has 5 heteroatoms. The first-order valence-electron chi connectivity index (χ1n) is 7.61. The Hall–Kier alpha value is -2.30. The lowest BCUT2D eigenvalue weighted by atomic mass is 10.1. The lowest BCUT2D eigenvalue weighted by Gasteiger charge is -2.34. The van der Waals surface area contributed by atoms with Gasteiger partial charge in [-0.15, -0.1) is 0 Å². The molecule has 116 valence electrons. The van der Waals surface area contributed by atoms with Gasteiger partial charge in [-0.25, -0.2) is 0 Å². The number of aromatic nitrogens is 1. The molecule has 0 atom stereocenters. The Morgan fingerprint density at radius 1 is 1.05 bits per heavy atom. The zero-order valence-electron chi connectivity index (χ0n) is 13.3. The number of piperazine rings is 1. The second kappa shape index (κ2) is 5.48. The molecule has 22 heavy (non-hydrogen) atoms. The van der Waals surface area contributed by atoms with Gasteiger partial charge in [0.05, 0.1) is 0 Å². The standard InChI is InChI=1S/C17H21N3O2/c1-11-4-5-15-14(10-11)12(2)16(18-15)17(22)20-8-6-19(7-9-20)13(3)21/h4-5,10,18H,6-9H2,1-3H3. The predicted octanol–water partition coefficient (Wildman–Crippen LogP) is 2.09. The van der Waals surface area contributed by atoms with Gasteiger partial charge >= 0.3 is 0 Å². The summed E-state index contributed by atoms with van der Waals surface area (Å²) in [5.74, 6) is 0.0962. The number of hydrogen-bond donors (Lipinski definition) is 1. The van der Waals surface area contributed by atoms with E-state index in [0.29, 0.717) is 31.9 Å². The van der Waals surface area contributed by atoms with E-state index in [1.165, 1.54) is 5.56 Å². The third kappa shape index (κ3) is 2.47. The van der Waals surface area contributed by atoms with Crippen LogP contribution in [0, 0.1) is 13.8 Å². The topological polar surface area (TPSA) is 56.4 Å². The number of aryl methyl sites for hydroxylation is 2. The van der Waals surface area contributed by atoms with Crippen LogP contribution in [0.1, 0.15) is 28.5 Å². The lowest BCUT2D eigenvalue weighted by Crippen LogP contribution is -2.50. The van der Waals surface area contributed by atoms with Crippen LogP contribution in [0.4, 0.5) is 0 Å². The van der Waals surface area contributed by atoms with Crippen LogP contribution in [0.2, 0.25) is 0 Å². The third-order valence-corrected chi connectivity index (χ3v) is 4.44. The zero-order valence-corrected chi connectivity index (χ0v) is 13.3. The molecule has 0 aliphatic carbocycles. The predicted molar refractivity (Wildman–Crippen MR) is 85.9 cm³/mol. The summed E-state index contributed by atoms with van der Waals surface area (Å²) in [7, 11) is 0. The van der Waals surface area contributed by atoms with Gasteiger partial charge in [0.15, 0.2) is 0 Å². The van der Waals surface area contributed by atoms with E-state index in [0.717, 1.165) is 16.5 Å². The second-order valence-corrected chi connectivity index (χ2v) is 5.97. The first-order chi connectivity index (χ1) is 10.5. The first kappa shape index (κ1) is 14.6. The van der Waals surface area contributed by atoms with Crippen molar-refractivity contribution in [2.75, 3.05) is 26.2 Å². The normalized spacial score (nSPS) is 15.4. The molecule has 1 aromatic heterocycles. The van der Waals surface area contributed by atoms with Gasteiger partial charge in [-0.1, -0.05) is 11.6 Å². The number of amides is 2. The number of carbonyl (C=O) groups excluding carboxylic acids is 2. The highest BCUT2D eigenvalue weighted by Gasteiger charge is 2.25. The Labute approximate surface area is 129 Å². The molecule has 1 aliphatic rings. The molecule has 0 radical (unpaired) electrons. The number of fused-ring (bicyclic) bond motifs is 1. The molecule has 0 bridgehead atoms. The van der Waals surface area contributed by atoms with Gasteiger partial charge in [-0.05, 0) is 31.5 Å². The van der Waals surface area contributed by atoms with Crippen molar-refractivity contribution in [2.45, 2.75) is 20.8 Å². The van der Waals surface area contributed by atoms with Gasteiger partial charge in [-0.2, -0.15) is 0 Å². The summed E-state index contributed by atoms with van der Waals surface area (Å²) in [4.78, 5) is 31.0. The molecular weight excluding hydrogens is 278 g/mol. The van der Waals surface area contributed by atoms with Gasteiger partial charge in [0.1, 0.15) is 5.69 Å². The van der Waals surface area contributed by atoms with Crippen molar-refractivity contribution in [3.8, 4) is 0 Å². The lowest BCUT2D eigenvalue weighted by molar-refractivity contribution is -0.130. The molecule has 1 aliphatic heterocycles. The van der Waals surface area contributed by atoms with Crippen LogP contribution in [-0.4, -0.2) is 52.8 Å². The van der Waals surface area contributed by atoms with E-state index in [4.69, 9.17) is 0 Å². The number of aromatic amines is 1. The summed E-state index contributed by atoms with van der Waals surface area (Å²) in [5.41, 5.74) is 3.84. The summed E-state index contributed by atoms with van der Waals surface area (Å²) in [5, 5.41) is 1.10. The van der Waals surface area contributed by atoms with Crippen LogP contribution >= 0.6 is 0 Å². The summed E-state index contributed by atoms with van der Waals surface area (Å²) in [6.07, 6.45) is 0. The van der Waals surface area contributed by atoms with Gasteiger partial charge in [0, 0.05) is 44.0 Å². The van der Waals surface area contributed by atoms with E-state index < -0.39 is 0 Å². The van der Waals surface area contributed by atoms with E-state index in [2.05, 4.69) is 11.1 Å². The molecule has 1 N–H and O–H groups in total. The maximum absolute atomic E-state index is 12.7. The fourth-order valence-corrected chi connectivity index (χ4v) is 3.04.